The molecule has 0 radical (unpaired) electrons. The fourth-order valence-corrected chi connectivity index (χ4v) is 2.75. The number of methoxy groups -OCH3 is 1. The van der Waals surface area contributed by atoms with Crippen molar-refractivity contribution in [2.24, 2.45) is 0 Å². The number of rotatable bonds is 3. The lowest BCUT2D eigenvalue weighted by Gasteiger charge is -2.24. The van der Waals surface area contributed by atoms with Gasteiger partial charge in [0, 0.05) is 12.6 Å². The second-order valence-corrected chi connectivity index (χ2v) is 4.87. The summed E-state index contributed by atoms with van der Waals surface area (Å²) < 4.78 is 5.44. The van der Waals surface area contributed by atoms with E-state index in [-0.39, 0.29) is 5.91 Å². The SMILES string of the molecule is CNC(=O)c1ccc(OC)c(C2CCCCC2)c1. The van der Waals surface area contributed by atoms with Gasteiger partial charge in [0.2, 0.25) is 0 Å². The highest BCUT2D eigenvalue weighted by atomic mass is 16.5. The molecule has 1 N–H and O–H groups in total. The predicted molar refractivity (Wildman–Crippen MR) is 72.2 cm³/mol. The zero-order valence-electron chi connectivity index (χ0n) is 11.2. The molecule has 18 heavy (non-hydrogen) atoms. The molecule has 1 saturated carbocycles. The first-order chi connectivity index (χ1) is 8.76. The number of carbonyl (C=O) groups excluding carboxylic acids is 1. The molecule has 0 unspecified atom stereocenters. The van der Waals surface area contributed by atoms with E-state index in [1.165, 1.54) is 37.7 Å². The molecule has 1 aromatic carbocycles. The average Bonchev–Trinajstić information content (AvgIpc) is 2.46. The first-order valence-electron chi connectivity index (χ1n) is 6.66. The van der Waals surface area contributed by atoms with Gasteiger partial charge in [0.1, 0.15) is 5.75 Å². The normalized spacial score (nSPS) is 16.3. The molecule has 1 amide bonds. The van der Waals surface area contributed by atoms with Crippen LogP contribution in [-0.2, 0) is 0 Å². The van der Waals surface area contributed by atoms with Crippen LogP contribution in [0.4, 0.5) is 0 Å². The van der Waals surface area contributed by atoms with Crippen molar-refractivity contribution in [2.45, 2.75) is 38.0 Å². The molecule has 0 atom stereocenters. The minimum Gasteiger partial charge on any atom is -0.496 e. The number of hydrogen-bond acceptors (Lipinski definition) is 2. The topological polar surface area (TPSA) is 38.3 Å². The van der Waals surface area contributed by atoms with Gasteiger partial charge >= 0.3 is 0 Å². The van der Waals surface area contributed by atoms with E-state index in [0.717, 1.165) is 11.3 Å². The monoisotopic (exact) mass is 247 g/mol. The second-order valence-electron chi connectivity index (χ2n) is 4.87. The van der Waals surface area contributed by atoms with Crippen LogP contribution in [0.3, 0.4) is 0 Å². The van der Waals surface area contributed by atoms with Gasteiger partial charge < -0.3 is 10.1 Å². The Kier molecular flexibility index (Phi) is 4.24. The summed E-state index contributed by atoms with van der Waals surface area (Å²) in [5.74, 6) is 1.42. The summed E-state index contributed by atoms with van der Waals surface area (Å²) >= 11 is 0. The Labute approximate surface area is 109 Å². The third-order valence-corrected chi connectivity index (χ3v) is 3.76. The number of hydrogen-bond donors (Lipinski definition) is 1. The molecule has 0 aromatic heterocycles. The summed E-state index contributed by atoms with van der Waals surface area (Å²) in [7, 11) is 3.36. The Balaban J connectivity index is 2.32. The Bertz CT molecular complexity index is 423. The van der Waals surface area contributed by atoms with Gasteiger partial charge in [-0.1, -0.05) is 19.3 Å². The van der Waals surface area contributed by atoms with Gasteiger partial charge in [-0.25, -0.2) is 0 Å². The number of amides is 1. The zero-order chi connectivity index (χ0) is 13.0. The molecule has 3 heteroatoms. The van der Waals surface area contributed by atoms with Crippen LogP contribution < -0.4 is 10.1 Å². The quantitative estimate of drug-likeness (QED) is 0.891. The predicted octanol–water partition coefficient (Wildman–Crippen LogP) is 3.10. The first-order valence-corrected chi connectivity index (χ1v) is 6.66. The Morgan fingerprint density at radius 3 is 2.61 bits per heavy atom. The van der Waals surface area contributed by atoms with E-state index in [0.29, 0.717) is 5.92 Å². The molecule has 1 aromatic rings. The van der Waals surface area contributed by atoms with Crippen molar-refractivity contribution < 1.29 is 9.53 Å². The second kappa shape index (κ2) is 5.89. The van der Waals surface area contributed by atoms with E-state index in [9.17, 15) is 4.79 Å². The minimum atomic E-state index is -0.0327. The molecule has 1 fully saturated rings. The molecule has 0 aliphatic heterocycles. The van der Waals surface area contributed by atoms with Crippen LogP contribution in [0.1, 0.15) is 53.9 Å². The molecule has 1 aliphatic rings. The molecular weight excluding hydrogens is 226 g/mol. The lowest BCUT2D eigenvalue weighted by molar-refractivity contribution is 0.0963. The number of benzene rings is 1. The van der Waals surface area contributed by atoms with Gasteiger partial charge in [-0.15, -0.1) is 0 Å². The average molecular weight is 247 g/mol. The van der Waals surface area contributed by atoms with E-state index >= 15 is 0 Å². The van der Waals surface area contributed by atoms with Gasteiger partial charge in [-0.05, 0) is 42.5 Å². The maximum Gasteiger partial charge on any atom is 0.251 e. The fourth-order valence-electron chi connectivity index (χ4n) is 2.75. The van der Waals surface area contributed by atoms with Gasteiger partial charge in [0.25, 0.3) is 5.91 Å². The van der Waals surface area contributed by atoms with Crippen LogP contribution >= 0.6 is 0 Å². The number of ether oxygens (including phenoxy) is 1. The standard InChI is InChI=1S/C15H21NO2/c1-16-15(17)12-8-9-14(18-2)13(10-12)11-6-4-3-5-7-11/h8-11H,3-7H2,1-2H3,(H,16,17). The van der Waals surface area contributed by atoms with E-state index in [4.69, 9.17) is 4.74 Å². The van der Waals surface area contributed by atoms with E-state index in [1.807, 2.05) is 18.2 Å². The van der Waals surface area contributed by atoms with Gasteiger partial charge in [0.05, 0.1) is 7.11 Å². The lowest BCUT2D eigenvalue weighted by atomic mass is 9.83. The van der Waals surface area contributed by atoms with E-state index in [2.05, 4.69) is 5.32 Å². The van der Waals surface area contributed by atoms with E-state index in [1.54, 1.807) is 14.2 Å². The van der Waals surface area contributed by atoms with Crippen molar-refractivity contribution in [3.63, 3.8) is 0 Å². The molecule has 0 heterocycles. The third-order valence-electron chi connectivity index (χ3n) is 3.76. The van der Waals surface area contributed by atoms with Crippen LogP contribution in [-0.4, -0.2) is 20.1 Å². The molecule has 0 bridgehead atoms. The smallest absolute Gasteiger partial charge is 0.251 e. The Morgan fingerprint density at radius 2 is 2.00 bits per heavy atom. The van der Waals surface area contributed by atoms with Crippen molar-refractivity contribution in [1.82, 2.24) is 5.32 Å². The minimum absolute atomic E-state index is 0.0327. The fraction of sp³-hybridized carbons (Fsp3) is 0.533. The molecule has 0 spiro atoms. The van der Waals surface area contributed by atoms with Crippen LogP contribution in [0.2, 0.25) is 0 Å². The van der Waals surface area contributed by atoms with Crippen molar-refractivity contribution in [2.75, 3.05) is 14.2 Å². The maximum atomic E-state index is 11.7. The van der Waals surface area contributed by atoms with Crippen LogP contribution in [0.5, 0.6) is 5.75 Å². The maximum absolute atomic E-state index is 11.7. The largest absolute Gasteiger partial charge is 0.496 e. The summed E-state index contributed by atoms with van der Waals surface area (Å²) in [6.07, 6.45) is 6.28. The van der Waals surface area contributed by atoms with Gasteiger partial charge in [0.15, 0.2) is 0 Å². The van der Waals surface area contributed by atoms with Gasteiger partial charge in [-0.2, -0.15) is 0 Å². The summed E-state index contributed by atoms with van der Waals surface area (Å²) in [5.41, 5.74) is 1.91. The van der Waals surface area contributed by atoms with E-state index < -0.39 is 0 Å². The molecule has 1 aliphatic carbocycles. The summed E-state index contributed by atoms with van der Waals surface area (Å²) in [5, 5.41) is 2.67. The molecule has 3 nitrogen and oxygen atoms in total. The summed E-state index contributed by atoms with van der Waals surface area (Å²) in [4.78, 5) is 11.7. The van der Waals surface area contributed by atoms with Crippen molar-refractivity contribution in [3.8, 4) is 5.75 Å². The molecule has 2 rings (SSSR count). The van der Waals surface area contributed by atoms with Crippen molar-refractivity contribution in [1.29, 1.82) is 0 Å². The van der Waals surface area contributed by atoms with Crippen LogP contribution in [0, 0.1) is 0 Å². The molecular formula is C15H21NO2. The van der Waals surface area contributed by atoms with Crippen molar-refractivity contribution in [3.05, 3.63) is 29.3 Å². The number of carbonyl (C=O) groups is 1. The Morgan fingerprint density at radius 1 is 1.28 bits per heavy atom. The molecule has 98 valence electrons. The third kappa shape index (κ3) is 2.66. The number of nitrogens with one attached hydrogen (secondary N) is 1. The highest BCUT2D eigenvalue weighted by Gasteiger charge is 2.20. The molecule has 0 saturated heterocycles. The van der Waals surface area contributed by atoms with Crippen LogP contribution in [0.15, 0.2) is 18.2 Å². The van der Waals surface area contributed by atoms with Crippen LogP contribution in [0.25, 0.3) is 0 Å². The Hall–Kier alpha value is -1.51. The summed E-state index contributed by atoms with van der Waals surface area (Å²) in [6.45, 7) is 0. The zero-order valence-corrected chi connectivity index (χ0v) is 11.2. The van der Waals surface area contributed by atoms with Gasteiger partial charge in [-0.3, -0.25) is 4.79 Å². The summed E-state index contributed by atoms with van der Waals surface area (Å²) in [6, 6.07) is 5.73. The lowest BCUT2D eigenvalue weighted by Crippen LogP contribution is -2.18. The highest BCUT2D eigenvalue weighted by molar-refractivity contribution is 5.94. The van der Waals surface area contributed by atoms with Crippen molar-refractivity contribution >= 4 is 5.91 Å². The first kappa shape index (κ1) is 12.9. The highest BCUT2D eigenvalue weighted by Crippen LogP contribution is 2.37.